The van der Waals surface area contributed by atoms with Crippen molar-refractivity contribution in [3.05, 3.63) is 120 Å². The van der Waals surface area contributed by atoms with Gasteiger partial charge in [-0.2, -0.15) is 0 Å². The molecule has 0 spiro atoms. The van der Waals surface area contributed by atoms with E-state index in [1.165, 1.54) is 33.7 Å². The van der Waals surface area contributed by atoms with Gasteiger partial charge in [0.1, 0.15) is 17.1 Å². The van der Waals surface area contributed by atoms with Crippen molar-refractivity contribution in [3.8, 4) is 33.7 Å². The number of allylic oxidation sites excluding steroid dienone is 2. The van der Waals surface area contributed by atoms with E-state index in [9.17, 15) is 9.90 Å². The van der Waals surface area contributed by atoms with E-state index in [0.29, 0.717) is 0 Å². The molecule has 0 saturated heterocycles. The first-order chi connectivity index (χ1) is 24.2. The number of benzene rings is 3. The Morgan fingerprint density at radius 2 is 1.55 bits per heavy atom. The summed E-state index contributed by atoms with van der Waals surface area (Å²) in [4.78, 5) is 21.4. The van der Waals surface area contributed by atoms with Gasteiger partial charge in [0, 0.05) is 77.8 Å². The number of furan rings is 1. The minimum absolute atomic E-state index is 0. The zero-order chi connectivity index (χ0) is 35.5. The van der Waals surface area contributed by atoms with Gasteiger partial charge in [0.2, 0.25) is 0 Å². The van der Waals surface area contributed by atoms with Crippen LogP contribution in [0.15, 0.2) is 108 Å². The second-order valence-electron chi connectivity index (χ2n) is 13.9. The largest absolute Gasteiger partial charge is 0.512 e. The summed E-state index contributed by atoms with van der Waals surface area (Å²) in [5.74, 6) is 1.21. The van der Waals surface area contributed by atoms with Gasteiger partial charge in [-0.05, 0) is 61.8 Å². The number of fused-ring (bicyclic) bond motifs is 6. The van der Waals surface area contributed by atoms with E-state index in [1.54, 1.807) is 0 Å². The standard InChI is InChI=1S/C30H19N2O.C15H28O2.Ir/c1-2-6-19(7-3-1)25-17-22(16-21-8-4-5-9-23(21)25)29-28-24-11-10-20-12-14-31-18-26(20)30(24)33-27(28)13-15-32-29;1-7-14(5,8-2)12(16)11-13(17)15(6,9-3)10-4;/h1-9,12-15,17-18H,10-11H2;11,16H,7-10H2,1-6H3;/q-1;;/b;12-11-;. The molecule has 1 aliphatic rings. The van der Waals surface area contributed by atoms with Crippen molar-refractivity contribution in [2.45, 2.75) is 80.1 Å². The topological polar surface area (TPSA) is 76.2 Å². The van der Waals surface area contributed by atoms with Crippen LogP contribution in [0.4, 0.5) is 0 Å². The number of aromatic nitrogens is 2. The second-order valence-corrected chi connectivity index (χ2v) is 13.9. The van der Waals surface area contributed by atoms with Gasteiger partial charge in [-0.25, -0.2) is 0 Å². The number of hydrogen-bond donors (Lipinski definition) is 1. The van der Waals surface area contributed by atoms with Crippen molar-refractivity contribution < 1.29 is 34.4 Å². The first-order valence-corrected chi connectivity index (χ1v) is 18.0. The molecule has 1 radical (unpaired) electrons. The minimum Gasteiger partial charge on any atom is -0.512 e. The maximum absolute atomic E-state index is 12.2. The molecular weight excluding hydrogens is 809 g/mol. The van der Waals surface area contributed by atoms with Crippen LogP contribution < -0.4 is 0 Å². The Labute approximate surface area is 315 Å². The van der Waals surface area contributed by atoms with Crippen LogP contribution in [0.2, 0.25) is 0 Å². The molecule has 3 heterocycles. The maximum Gasteiger partial charge on any atom is 0.164 e. The summed E-state index contributed by atoms with van der Waals surface area (Å²) in [6.07, 6.45) is 12.3. The molecule has 51 heavy (non-hydrogen) atoms. The minimum atomic E-state index is -0.337. The summed E-state index contributed by atoms with van der Waals surface area (Å²) in [6, 6.07) is 28.9. The van der Waals surface area contributed by atoms with E-state index in [4.69, 9.17) is 9.40 Å². The molecule has 1 N–H and O–H groups in total. The molecule has 6 heteroatoms. The van der Waals surface area contributed by atoms with Gasteiger partial charge in [0.25, 0.3) is 0 Å². The summed E-state index contributed by atoms with van der Waals surface area (Å²) < 4.78 is 6.39. The number of aliphatic hydroxyl groups is 1. The molecule has 0 amide bonds. The Morgan fingerprint density at radius 3 is 2.25 bits per heavy atom. The first kappa shape index (κ1) is 37.9. The summed E-state index contributed by atoms with van der Waals surface area (Å²) >= 11 is 0. The molecule has 3 aromatic heterocycles. The Kier molecular flexibility index (Phi) is 11.8. The van der Waals surface area contributed by atoms with Crippen LogP contribution in [-0.4, -0.2) is 20.9 Å². The number of aliphatic hydroxyl groups excluding tert-OH is 1. The van der Waals surface area contributed by atoms with Crippen molar-refractivity contribution in [2.75, 3.05) is 0 Å². The van der Waals surface area contributed by atoms with Crippen LogP contribution in [0.5, 0.6) is 0 Å². The average molecular weight is 856 g/mol. The number of aryl methyl sites for hydroxylation is 2. The number of hydrogen-bond acceptors (Lipinski definition) is 5. The summed E-state index contributed by atoms with van der Waals surface area (Å²) in [5.41, 5.74) is 8.14. The number of carbonyl (C=O) groups is 1. The van der Waals surface area contributed by atoms with Crippen LogP contribution in [0, 0.1) is 16.9 Å². The Morgan fingerprint density at radius 1 is 0.863 bits per heavy atom. The van der Waals surface area contributed by atoms with E-state index in [0.717, 1.165) is 77.5 Å². The summed E-state index contributed by atoms with van der Waals surface area (Å²) in [6.45, 7) is 12.1. The third kappa shape index (κ3) is 7.36. The molecule has 7 rings (SSSR count). The zero-order valence-electron chi connectivity index (χ0n) is 30.5. The van der Waals surface area contributed by atoms with Gasteiger partial charge in [0.15, 0.2) is 5.78 Å². The summed E-state index contributed by atoms with van der Waals surface area (Å²) in [7, 11) is 0. The van der Waals surface area contributed by atoms with Crippen LogP contribution in [-0.2, 0) is 37.7 Å². The smallest absolute Gasteiger partial charge is 0.164 e. The van der Waals surface area contributed by atoms with E-state index in [-0.39, 0.29) is 42.5 Å². The van der Waals surface area contributed by atoms with Crippen molar-refractivity contribution >= 4 is 27.5 Å². The van der Waals surface area contributed by atoms with E-state index < -0.39 is 0 Å². The van der Waals surface area contributed by atoms with Crippen molar-refractivity contribution in [1.29, 1.82) is 0 Å². The number of pyridine rings is 2. The van der Waals surface area contributed by atoms with Crippen LogP contribution in [0.1, 0.15) is 78.4 Å². The van der Waals surface area contributed by atoms with Crippen LogP contribution in [0.25, 0.3) is 55.4 Å². The van der Waals surface area contributed by atoms with Crippen LogP contribution in [0.3, 0.4) is 0 Å². The molecule has 0 unspecified atom stereocenters. The maximum atomic E-state index is 12.2. The molecule has 0 fully saturated rings. The van der Waals surface area contributed by atoms with E-state index in [2.05, 4.69) is 77.8 Å². The predicted molar refractivity (Wildman–Crippen MR) is 205 cm³/mol. The van der Waals surface area contributed by atoms with Gasteiger partial charge in [-0.3, -0.25) is 14.8 Å². The molecule has 265 valence electrons. The summed E-state index contributed by atoms with van der Waals surface area (Å²) in [5, 5.41) is 13.5. The third-order valence-electron chi connectivity index (χ3n) is 11.2. The fraction of sp³-hybridized carbons (Fsp3) is 0.311. The molecule has 0 aliphatic heterocycles. The third-order valence-corrected chi connectivity index (χ3v) is 11.2. The van der Waals surface area contributed by atoms with E-state index >= 15 is 0 Å². The molecule has 5 nitrogen and oxygen atoms in total. The number of nitrogens with zero attached hydrogens (tertiary/aromatic N) is 2. The fourth-order valence-electron chi connectivity index (χ4n) is 6.77. The van der Waals surface area contributed by atoms with Crippen molar-refractivity contribution in [2.24, 2.45) is 10.8 Å². The second kappa shape index (κ2) is 15.9. The molecular formula is C45H47IrN2O3-. The number of rotatable bonds is 9. The molecule has 0 atom stereocenters. The first-order valence-electron chi connectivity index (χ1n) is 18.0. The normalized spacial score (nSPS) is 12.8. The number of ketones is 1. The zero-order valence-corrected chi connectivity index (χ0v) is 32.9. The molecule has 0 bridgehead atoms. The van der Waals surface area contributed by atoms with Gasteiger partial charge in [-0.1, -0.05) is 107 Å². The van der Waals surface area contributed by atoms with Crippen LogP contribution >= 0.6 is 0 Å². The van der Waals surface area contributed by atoms with Gasteiger partial charge in [-0.15, -0.1) is 23.6 Å². The molecule has 3 aromatic carbocycles. The van der Waals surface area contributed by atoms with Gasteiger partial charge < -0.3 is 9.52 Å². The van der Waals surface area contributed by atoms with Gasteiger partial charge in [0.05, 0.1) is 0 Å². The fourth-order valence-corrected chi connectivity index (χ4v) is 6.77. The van der Waals surface area contributed by atoms with Crippen molar-refractivity contribution in [3.63, 3.8) is 0 Å². The monoisotopic (exact) mass is 856 g/mol. The molecule has 6 aromatic rings. The Hall–Kier alpha value is -4.38. The van der Waals surface area contributed by atoms with E-state index in [1.807, 2.05) is 66.2 Å². The SMILES string of the molecule is CCC(C)(CC)C(=O)/C=C(\O)C(C)(CC)CC.[Ir].[c-]1c(-c2nccc3oc4c(c23)CCc2ccncc2-4)cc(-c2ccccc2)c2ccccc12. The number of carbonyl (C=O) groups excluding carboxylic acids is 1. The molecule has 1 aliphatic carbocycles. The van der Waals surface area contributed by atoms with Gasteiger partial charge >= 0.3 is 0 Å². The average Bonchev–Trinajstić information content (AvgIpc) is 3.57. The quantitative estimate of drug-likeness (QED) is 0.0890. The Bertz CT molecular complexity index is 2180. The molecule has 0 saturated carbocycles. The van der Waals surface area contributed by atoms with Crippen molar-refractivity contribution in [1.82, 2.24) is 9.97 Å². The predicted octanol–water partition coefficient (Wildman–Crippen LogP) is 11.9. The Balaban J connectivity index is 0.000000242.